The molecule has 0 saturated heterocycles. The normalized spacial score (nSPS) is 10.9. The van der Waals surface area contributed by atoms with Crippen molar-refractivity contribution in [3.05, 3.63) is 87.3 Å². The first-order valence-electron chi connectivity index (χ1n) is 10.1. The largest absolute Gasteiger partial charge is 0.493 e. The van der Waals surface area contributed by atoms with E-state index in [0.717, 1.165) is 16.7 Å². The van der Waals surface area contributed by atoms with Crippen LogP contribution in [0.5, 0.6) is 17.2 Å². The van der Waals surface area contributed by atoms with Crippen molar-refractivity contribution in [1.29, 1.82) is 0 Å². The quantitative estimate of drug-likeness (QED) is 0.383. The molecule has 32 heavy (non-hydrogen) atoms. The molecule has 0 aliphatic carbocycles. The Balaban J connectivity index is 1.89. The fourth-order valence-electron chi connectivity index (χ4n) is 3.47. The molecule has 0 aliphatic rings. The molecule has 0 fully saturated rings. The highest BCUT2D eigenvalue weighted by Gasteiger charge is 2.20. The third-order valence-corrected chi connectivity index (χ3v) is 5.41. The van der Waals surface area contributed by atoms with Crippen LogP contribution in [0.1, 0.15) is 16.7 Å². The molecule has 4 aromatic rings. The molecule has 1 heterocycles. The van der Waals surface area contributed by atoms with Crippen molar-refractivity contribution in [2.75, 3.05) is 14.2 Å². The number of halogens is 1. The predicted octanol–water partition coefficient (Wildman–Crippen LogP) is 5.81. The zero-order valence-electron chi connectivity index (χ0n) is 18.3. The summed E-state index contributed by atoms with van der Waals surface area (Å²) in [5, 5.41) is 0.437. The third-order valence-electron chi connectivity index (χ3n) is 5.41. The third kappa shape index (κ3) is 4.04. The number of hydrogen-bond donors (Lipinski definition) is 0. The summed E-state index contributed by atoms with van der Waals surface area (Å²) in [6, 6.07) is 14.8. The lowest BCUT2D eigenvalue weighted by molar-refractivity contribution is 0.297. The number of hydrogen-bond acceptors (Lipinski definition) is 5. The van der Waals surface area contributed by atoms with Gasteiger partial charge in [0.15, 0.2) is 17.3 Å². The molecule has 0 aliphatic heterocycles. The van der Waals surface area contributed by atoms with Crippen LogP contribution < -0.4 is 19.6 Å². The average molecular weight is 434 g/mol. The fraction of sp³-hybridized carbons (Fsp3) is 0.192. The Morgan fingerprint density at radius 2 is 1.56 bits per heavy atom. The van der Waals surface area contributed by atoms with Gasteiger partial charge in [-0.25, -0.2) is 4.39 Å². The second-order valence-corrected chi connectivity index (χ2v) is 7.51. The molecule has 164 valence electrons. The first kappa shape index (κ1) is 21.4. The molecule has 0 N–H and O–H groups in total. The summed E-state index contributed by atoms with van der Waals surface area (Å²) in [5.74, 6) is 1.08. The number of methoxy groups -OCH3 is 2. The molecule has 5 nitrogen and oxygen atoms in total. The van der Waals surface area contributed by atoms with Crippen LogP contribution in [0, 0.1) is 19.7 Å². The molecular formula is C26H23FO5. The summed E-state index contributed by atoms with van der Waals surface area (Å²) in [4.78, 5) is 13.4. The number of rotatable bonds is 6. The van der Waals surface area contributed by atoms with Crippen molar-refractivity contribution < 1.29 is 23.0 Å². The molecule has 0 bridgehead atoms. The summed E-state index contributed by atoms with van der Waals surface area (Å²) in [7, 11) is 3.09. The van der Waals surface area contributed by atoms with Gasteiger partial charge in [0.2, 0.25) is 11.2 Å². The lowest BCUT2D eigenvalue weighted by atomic mass is 10.0. The molecule has 6 heteroatoms. The molecule has 1 aromatic heterocycles. The highest BCUT2D eigenvalue weighted by atomic mass is 19.1. The molecule has 0 saturated carbocycles. The molecule has 0 atom stereocenters. The monoisotopic (exact) mass is 434 g/mol. The Labute approximate surface area is 185 Å². The van der Waals surface area contributed by atoms with Crippen LogP contribution in [0.25, 0.3) is 22.3 Å². The summed E-state index contributed by atoms with van der Waals surface area (Å²) >= 11 is 0. The van der Waals surface area contributed by atoms with Gasteiger partial charge in [-0.3, -0.25) is 4.79 Å². The zero-order valence-corrected chi connectivity index (χ0v) is 18.3. The Bertz CT molecular complexity index is 1340. The maximum Gasteiger partial charge on any atom is 0.235 e. The average Bonchev–Trinajstić information content (AvgIpc) is 2.80. The first-order chi connectivity index (χ1) is 15.4. The molecular weight excluding hydrogens is 411 g/mol. The van der Waals surface area contributed by atoms with E-state index in [-0.39, 0.29) is 29.4 Å². The van der Waals surface area contributed by atoms with Gasteiger partial charge >= 0.3 is 0 Å². The van der Waals surface area contributed by atoms with Crippen molar-refractivity contribution in [2.45, 2.75) is 20.5 Å². The van der Waals surface area contributed by atoms with Gasteiger partial charge in [0.05, 0.1) is 19.6 Å². The lowest BCUT2D eigenvalue weighted by Gasteiger charge is -2.14. The lowest BCUT2D eigenvalue weighted by Crippen LogP contribution is -2.11. The molecule has 0 amide bonds. The fourth-order valence-corrected chi connectivity index (χ4v) is 3.47. The van der Waals surface area contributed by atoms with E-state index >= 15 is 0 Å². The van der Waals surface area contributed by atoms with E-state index in [1.54, 1.807) is 43.5 Å². The molecule has 3 aromatic carbocycles. The molecule has 0 unspecified atom stereocenters. The Morgan fingerprint density at radius 1 is 0.875 bits per heavy atom. The van der Waals surface area contributed by atoms with Gasteiger partial charge < -0.3 is 18.6 Å². The van der Waals surface area contributed by atoms with E-state index in [4.69, 9.17) is 18.6 Å². The molecule has 0 radical (unpaired) electrons. The SMILES string of the molecule is COc1ccc(-c2oc3cc(C)c(C)cc3c(=O)c2OCc2ccc(F)cc2)cc1OC. The number of benzene rings is 3. The Morgan fingerprint density at radius 3 is 2.25 bits per heavy atom. The van der Waals surface area contributed by atoms with Gasteiger partial charge in [0.1, 0.15) is 18.0 Å². The van der Waals surface area contributed by atoms with Crippen molar-refractivity contribution in [3.63, 3.8) is 0 Å². The number of aryl methyl sites for hydroxylation is 2. The van der Waals surface area contributed by atoms with Crippen LogP contribution >= 0.6 is 0 Å². The van der Waals surface area contributed by atoms with E-state index in [9.17, 15) is 9.18 Å². The van der Waals surface area contributed by atoms with Gasteiger partial charge in [0, 0.05) is 5.56 Å². The Kier molecular flexibility index (Phi) is 5.86. The topological polar surface area (TPSA) is 57.9 Å². The predicted molar refractivity (Wildman–Crippen MR) is 121 cm³/mol. The van der Waals surface area contributed by atoms with Crippen LogP contribution in [0.4, 0.5) is 4.39 Å². The van der Waals surface area contributed by atoms with Gasteiger partial charge in [0.25, 0.3) is 0 Å². The van der Waals surface area contributed by atoms with Crippen molar-refractivity contribution in [2.24, 2.45) is 0 Å². The van der Waals surface area contributed by atoms with E-state index < -0.39 is 0 Å². The summed E-state index contributed by atoms with van der Waals surface area (Å²) in [6.07, 6.45) is 0. The van der Waals surface area contributed by atoms with Crippen molar-refractivity contribution in [3.8, 4) is 28.6 Å². The maximum atomic E-state index is 13.4. The molecule has 4 rings (SSSR count). The van der Waals surface area contributed by atoms with Gasteiger partial charge in [-0.1, -0.05) is 12.1 Å². The van der Waals surface area contributed by atoms with E-state index in [0.29, 0.717) is 28.0 Å². The second kappa shape index (κ2) is 8.75. The summed E-state index contributed by atoms with van der Waals surface area (Å²) < 4.78 is 36.1. The van der Waals surface area contributed by atoms with Gasteiger partial charge in [-0.15, -0.1) is 0 Å². The zero-order chi connectivity index (χ0) is 22.8. The van der Waals surface area contributed by atoms with Crippen LogP contribution in [-0.2, 0) is 6.61 Å². The van der Waals surface area contributed by atoms with Crippen LogP contribution in [-0.4, -0.2) is 14.2 Å². The maximum absolute atomic E-state index is 13.4. The van der Waals surface area contributed by atoms with Crippen molar-refractivity contribution in [1.82, 2.24) is 0 Å². The highest BCUT2D eigenvalue weighted by molar-refractivity contribution is 5.83. The minimum Gasteiger partial charge on any atom is -0.493 e. The Hall–Kier alpha value is -3.80. The van der Waals surface area contributed by atoms with Crippen LogP contribution in [0.15, 0.2) is 63.8 Å². The van der Waals surface area contributed by atoms with Crippen molar-refractivity contribution >= 4 is 11.0 Å². The standard InChI is InChI=1S/C26H23FO5/c1-15-11-20-22(12-16(15)2)32-25(18-7-10-21(29-3)23(13-18)30-4)26(24(20)28)31-14-17-5-8-19(27)9-6-17/h5-13H,14H2,1-4H3. The van der Waals surface area contributed by atoms with E-state index in [1.807, 2.05) is 19.9 Å². The molecule has 0 spiro atoms. The highest BCUT2D eigenvalue weighted by Crippen LogP contribution is 2.37. The number of ether oxygens (including phenoxy) is 3. The second-order valence-electron chi connectivity index (χ2n) is 7.51. The minimum atomic E-state index is -0.337. The van der Waals surface area contributed by atoms with Crippen LogP contribution in [0.2, 0.25) is 0 Å². The van der Waals surface area contributed by atoms with E-state index in [1.165, 1.54) is 19.2 Å². The van der Waals surface area contributed by atoms with E-state index in [2.05, 4.69) is 0 Å². The first-order valence-corrected chi connectivity index (χ1v) is 10.1. The minimum absolute atomic E-state index is 0.0808. The smallest absolute Gasteiger partial charge is 0.235 e. The van der Waals surface area contributed by atoms with Gasteiger partial charge in [-0.2, -0.15) is 0 Å². The van der Waals surface area contributed by atoms with Gasteiger partial charge in [-0.05, 0) is 73.0 Å². The van der Waals surface area contributed by atoms with Crippen LogP contribution in [0.3, 0.4) is 0 Å². The number of fused-ring (bicyclic) bond motifs is 1. The summed E-state index contributed by atoms with van der Waals surface area (Å²) in [5.41, 5.74) is 3.52. The summed E-state index contributed by atoms with van der Waals surface area (Å²) in [6.45, 7) is 3.99.